The summed E-state index contributed by atoms with van der Waals surface area (Å²) in [7, 11) is 0. The standard InChI is InChI=1S/C25H20N4O3/c1-14-23(15(2)32-29-14)17-6-8-22-20(11-17)25(13-30-24(26)28-25)19-10-16(5-7-21(19)31-22)18-4-3-9-27-12-18/h3-12H,13H2,1-2H3,(H2,26,28)/t25-/m0/s1. The first-order valence-electron chi connectivity index (χ1n) is 10.3. The van der Waals surface area contributed by atoms with Crippen molar-refractivity contribution >= 4 is 6.02 Å². The smallest absolute Gasteiger partial charge is 0.283 e. The molecule has 6 rings (SSSR count). The molecular weight excluding hydrogens is 404 g/mol. The molecule has 0 bridgehead atoms. The Morgan fingerprint density at radius 1 is 0.938 bits per heavy atom. The number of hydrogen-bond donors (Lipinski definition) is 1. The SMILES string of the molecule is Cc1noc(C)c1-c1ccc2c(c1)[C@]1(COC(N)=N1)c1cc(-c3cccnc3)ccc1O2. The first-order chi connectivity index (χ1) is 15.5. The lowest BCUT2D eigenvalue weighted by molar-refractivity contribution is 0.264. The summed E-state index contributed by atoms with van der Waals surface area (Å²) in [5.74, 6) is 2.22. The topological polar surface area (TPSA) is 95.8 Å². The second kappa shape index (κ2) is 6.68. The molecule has 0 saturated heterocycles. The van der Waals surface area contributed by atoms with Crippen LogP contribution in [0, 0.1) is 13.8 Å². The Labute approximate surface area is 184 Å². The highest BCUT2D eigenvalue weighted by molar-refractivity contribution is 5.79. The van der Waals surface area contributed by atoms with Crippen LogP contribution in [0.2, 0.25) is 0 Å². The summed E-state index contributed by atoms with van der Waals surface area (Å²) < 4.78 is 17.4. The number of rotatable bonds is 2. The fraction of sp³-hybridized carbons (Fsp3) is 0.160. The van der Waals surface area contributed by atoms with E-state index in [0.717, 1.165) is 56.3 Å². The molecule has 2 aromatic carbocycles. The van der Waals surface area contributed by atoms with Crippen LogP contribution in [-0.4, -0.2) is 22.8 Å². The molecule has 0 radical (unpaired) electrons. The van der Waals surface area contributed by atoms with E-state index >= 15 is 0 Å². The third-order valence-electron chi connectivity index (χ3n) is 6.12. The van der Waals surface area contributed by atoms with E-state index in [1.807, 2.05) is 56.4 Å². The number of fused-ring (bicyclic) bond motifs is 4. The van der Waals surface area contributed by atoms with E-state index in [1.54, 1.807) is 6.20 Å². The van der Waals surface area contributed by atoms with Gasteiger partial charge < -0.3 is 19.7 Å². The van der Waals surface area contributed by atoms with Gasteiger partial charge in [-0.2, -0.15) is 0 Å². The monoisotopic (exact) mass is 424 g/mol. The van der Waals surface area contributed by atoms with Gasteiger partial charge >= 0.3 is 0 Å². The number of pyridine rings is 1. The second-order valence-corrected chi connectivity index (χ2v) is 8.06. The van der Waals surface area contributed by atoms with Gasteiger partial charge in [-0.1, -0.05) is 23.4 Å². The fourth-order valence-electron chi connectivity index (χ4n) is 4.62. The molecule has 0 fully saturated rings. The predicted octanol–water partition coefficient (Wildman–Crippen LogP) is 4.71. The van der Waals surface area contributed by atoms with Crippen LogP contribution in [0.1, 0.15) is 22.6 Å². The summed E-state index contributed by atoms with van der Waals surface area (Å²) in [6, 6.07) is 16.2. The minimum atomic E-state index is -0.805. The Bertz CT molecular complexity index is 1370. The van der Waals surface area contributed by atoms with Crippen molar-refractivity contribution in [2.75, 3.05) is 6.61 Å². The Hall–Kier alpha value is -4.13. The van der Waals surface area contributed by atoms with Gasteiger partial charge in [0, 0.05) is 34.6 Å². The van der Waals surface area contributed by atoms with Crippen molar-refractivity contribution in [3.63, 3.8) is 0 Å². The molecule has 7 heteroatoms. The predicted molar refractivity (Wildman–Crippen MR) is 120 cm³/mol. The molecule has 0 saturated carbocycles. The molecule has 4 aromatic rings. The summed E-state index contributed by atoms with van der Waals surface area (Å²) in [4.78, 5) is 9.05. The van der Waals surface area contributed by atoms with Crippen molar-refractivity contribution in [1.82, 2.24) is 10.1 Å². The third kappa shape index (κ3) is 2.64. The van der Waals surface area contributed by atoms with Crippen molar-refractivity contribution in [2.24, 2.45) is 10.7 Å². The Kier molecular flexibility index (Phi) is 3.89. The summed E-state index contributed by atoms with van der Waals surface area (Å²) in [5, 5.41) is 4.10. The Morgan fingerprint density at radius 3 is 2.31 bits per heavy atom. The summed E-state index contributed by atoms with van der Waals surface area (Å²) >= 11 is 0. The largest absolute Gasteiger partial charge is 0.462 e. The van der Waals surface area contributed by atoms with Crippen LogP contribution >= 0.6 is 0 Å². The highest BCUT2D eigenvalue weighted by Gasteiger charge is 2.47. The number of nitrogens with zero attached hydrogens (tertiary/aromatic N) is 3. The van der Waals surface area contributed by atoms with Gasteiger partial charge in [-0.05, 0) is 55.3 Å². The molecule has 158 valence electrons. The number of aromatic nitrogens is 2. The van der Waals surface area contributed by atoms with E-state index in [-0.39, 0.29) is 6.02 Å². The maximum atomic E-state index is 6.30. The van der Waals surface area contributed by atoms with Gasteiger partial charge in [0.2, 0.25) is 0 Å². The average Bonchev–Trinajstić information content (AvgIpc) is 3.37. The molecule has 0 amide bonds. The molecule has 1 atom stereocenters. The summed E-state index contributed by atoms with van der Waals surface area (Å²) in [6.45, 7) is 4.14. The van der Waals surface area contributed by atoms with E-state index in [2.05, 4.69) is 22.3 Å². The zero-order chi connectivity index (χ0) is 21.9. The highest BCUT2D eigenvalue weighted by Crippen LogP contribution is 2.52. The molecule has 32 heavy (non-hydrogen) atoms. The van der Waals surface area contributed by atoms with E-state index in [4.69, 9.17) is 24.7 Å². The van der Waals surface area contributed by atoms with E-state index in [9.17, 15) is 0 Å². The van der Waals surface area contributed by atoms with Crippen LogP contribution in [0.3, 0.4) is 0 Å². The molecule has 1 spiro atoms. The van der Waals surface area contributed by atoms with Crippen molar-refractivity contribution in [2.45, 2.75) is 19.4 Å². The van der Waals surface area contributed by atoms with Crippen LogP contribution in [-0.2, 0) is 10.3 Å². The van der Waals surface area contributed by atoms with E-state index in [1.165, 1.54) is 0 Å². The molecule has 2 aromatic heterocycles. The maximum absolute atomic E-state index is 6.30. The first kappa shape index (κ1) is 18.6. The molecule has 2 N–H and O–H groups in total. The van der Waals surface area contributed by atoms with Crippen molar-refractivity contribution in [3.05, 3.63) is 83.5 Å². The number of benzene rings is 2. The van der Waals surface area contributed by atoms with Gasteiger partial charge in [-0.3, -0.25) is 4.98 Å². The van der Waals surface area contributed by atoms with Crippen molar-refractivity contribution in [1.29, 1.82) is 0 Å². The van der Waals surface area contributed by atoms with Gasteiger partial charge in [-0.25, -0.2) is 4.99 Å². The molecule has 0 unspecified atom stereocenters. The van der Waals surface area contributed by atoms with Crippen LogP contribution in [0.15, 0.2) is 70.4 Å². The Balaban J connectivity index is 1.57. The number of aliphatic imine (C=N–C) groups is 1. The van der Waals surface area contributed by atoms with Crippen LogP contribution in [0.5, 0.6) is 11.5 Å². The van der Waals surface area contributed by atoms with E-state index < -0.39 is 5.54 Å². The summed E-state index contributed by atoms with van der Waals surface area (Å²) in [5.41, 5.74) is 11.8. The summed E-state index contributed by atoms with van der Waals surface area (Å²) in [6.07, 6.45) is 3.60. The van der Waals surface area contributed by atoms with E-state index in [0.29, 0.717) is 6.61 Å². The lowest BCUT2D eigenvalue weighted by Crippen LogP contribution is -2.31. The van der Waals surface area contributed by atoms with Gasteiger partial charge in [-0.15, -0.1) is 0 Å². The minimum absolute atomic E-state index is 0.165. The fourth-order valence-corrected chi connectivity index (χ4v) is 4.62. The van der Waals surface area contributed by atoms with Crippen LogP contribution in [0.25, 0.3) is 22.3 Å². The zero-order valence-electron chi connectivity index (χ0n) is 17.6. The maximum Gasteiger partial charge on any atom is 0.283 e. The highest BCUT2D eigenvalue weighted by atomic mass is 16.5. The molecule has 2 aliphatic rings. The van der Waals surface area contributed by atoms with Crippen LogP contribution in [0.4, 0.5) is 0 Å². The van der Waals surface area contributed by atoms with Crippen molar-refractivity contribution in [3.8, 4) is 33.8 Å². The normalized spacial score (nSPS) is 18.5. The van der Waals surface area contributed by atoms with Gasteiger partial charge in [0.15, 0.2) is 5.54 Å². The quantitative estimate of drug-likeness (QED) is 0.500. The lowest BCUT2D eigenvalue weighted by atomic mass is 9.79. The number of amidine groups is 1. The molecule has 4 heterocycles. The number of hydrogen-bond acceptors (Lipinski definition) is 7. The Morgan fingerprint density at radius 2 is 1.69 bits per heavy atom. The van der Waals surface area contributed by atoms with Crippen LogP contribution < -0.4 is 10.5 Å². The first-order valence-corrected chi connectivity index (χ1v) is 10.3. The molecule has 0 aliphatic carbocycles. The van der Waals surface area contributed by atoms with Gasteiger partial charge in [0.05, 0.1) is 5.69 Å². The molecule has 7 nitrogen and oxygen atoms in total. The average molecular weight is 424 g/mol. The van der Waals surface area contributed by atoms with Gasteiger partial charge in [0.25, 0.3) is 6.02 Å². The molecule has 2 aliphatic heterocycles. The minimum Gasteiger partial charge on any atom is -0.462 e. The van der Waals surface area contributed by atoms with Crippen molar-refractivity contribution < 1.29 is 14.0 Å². The third-order valence-corrected chi connectivity index (χ3v) is 6.12. The number of nitrogens with two attached hydrogens (primary N) is 1. The second-order valence-electron chi connectivity index (χ2n) is 8.06. The number of ether oxygens (including phenoxy) is 2. The van der Waals surface area contributed by atoms with Gasteiger partial charge in [0.1, 0.15) is 23.9 Å². The zero-order valence-corrected chi connectivity index (χ0v) is 17.6. The lowest BCUT2D eigenvalue weighted by Gasteiger charge is -2.34. The number of aryl methyl sites for hydroxylation is 2. The molecular formula is C25H20N4O3.